The van der Waals surface area contributed by atoms with Crippen LogP contribution in [0.5, 0.6) is 5.75 Å². The van der Waals surface area contributed by atoms with Gasteiger partial charge in [-0.2, -0.15) is 3.69 Å². The van der Waals surface area contributed by atoms with Gasteiger partial charge in [0.05, 0.1) is 6.61 Å². The summed E-state index contributed by atoms with van der Waals surface area (Å²) < 4.78 is 6.82. The largest absolute Gasteiger partial charge is 0.506 e. The molecule has 0 atom stereocenters. The van der Waals surface area contributed by atoms with Crippen LogP contribution in [0.25, 0.3) is 0 Å². The third kappa shape index (κ3) is 4.38. The van der Waals surface area contributed by atoms with Gasteiger partial charge in [0.25, 0.3) is 0 Å². The number of ether oxygens (including phenoxy) is 1. The van der Waals surface area contributed by atoms with Crippen molar-refractivity contribution >= 4 is 46.4 Å². The molecule has 0 spiro atoms. The molecule has 0 aliphatic carbocycles. The number of hydrogen-bond donors (Lipinski definition) is 0. The van der Waals surface area contributed by atoms with Crippen LogP contribution in [0, 0.1) is 0 Å². The molecule has 96 valence electrons. The molecule has 0 saturated carbocycles. The highest BCUT2D eigenvalue weighted by Crippen LogP contribution is 2.20. The van der Waals surface area contributed by atoms with Gasteiger partial charge in [-0.25, -0.2) is 0 Å². The first-order chi connectivity index (χ1) is 9.22. The predicted molar refractivity (Wildman–Crippen MR) is 86.2 cm³/mol. The van der Waals surface area contributed by atoms with E-state index < -0.39 is 0 Å². The fraction of sp³-hybridized carbons (Fsp3) is 0.200. The van der Waals surface area contributed by atoms with Crippen molar-refractivity contribution in [3.8, 4) is 5.75 Å². The third-order valence-electron chi connectivity index (χ3n) is 2.89. The molecule has 0 amide bonds. The highest BCUT2D eigenvalue weighted by molar-refractivity contribution is 9.23. The molecular formula is C15H14BrClMgO. The van der Waals surface area contributed by atoms with Crippen molar-refractivity contribution in [3.05, 3.63) is 58.6 Å². The van der Waals surface area contributed by atoms with E-state index in [0.29, 0.717) is 6.61 Å². The lowest BCUT2D eigenvalue weighted by Crippen LogP contribution is -2.09. The first-order valence-corrected chi connectivity index (χ1v) is 11.3. The molecule has 0 unspecified atom stereocenters. The second-order valence-corrected chi connectivity index (χ2v) is 7.49. The zero-order chi connectivity index (χ0) is 13.7. The summed E-state index contributed by atoms with van der Waals surface area (Å²) in [4.78, 5) is 0. The van der Waals surface area contributed by atoms with Crippen molar-refractivity contribution < 1.29 is 4.74 Å². The molecule has 0 aromatic heterocycles. The summed E-state index contributed by atoms with van der Waals surface area (Å²) in [5.41, 5.74) is 2.44. The van der Waals surface area contributed by atoms with Gasteiger partial charge in [0.1, 0.15) is 5.75 Å². The van der Waals surface area contributed by atoms with Gasteiger partial charge < -0.3 is 4.74 Å². The average Bonchev–Trinajstić information content (AvgIpc) is 2.44. The molecule has 1 nitrogen and oxygen atoms in total. The standard InChI is InChI=1S/C15H14ClO.BrH.Mg/c1-2-17-14-9-7-12(8-10-14)11-13-5-3-4-6-15(13)16;;/h4-10H,2,11H2,1H3;1H;/q;;+1/p-1. The van der Waals surface area contributed by atoms with Gasteiger partial charge >= 0.3 is 18.2 Å². The highest BCUT2D eigenvalue weighted by atomic mass is 79.9. The van der Waals surface area contributed by atoms with Crippen LogP contribution in [0.2, 0.25) is 5.02 Å². The minimum Gasteiger partial charge on any atom is -0.494 e. The fourth-order valence-corrected chi connectivity index (χ4v) is 3.70. The number of halogens is 2. The van der Waals surface area contributed by atoms with Gasteiger partial charge in [-0.15, -0.1) is 0 Å². The molecule has 0 radical (unpaired) electrons. The molecule has 0 aliphatic heterocycles. The minimum absolute atomic E-state index is 0.315. The third-order valence-corrected chi connectivity index (χ3v) is 5.95. The molecule has 19 heavy (non-hydrogen) atoms. The van der Waals surface area contributed by atoms with Crippen LogP contribution in [0.1, 0.15) is 18.1 Å². The van der Waals surface area contributed by atoms with E-state index in [1.165, 1.54) is 14.8 Å². The van der Waals surface area contributed by atoms with Crippen LogP contribution >= 0.6 is 24.5 Å². The van der Waals surface area contributed by atoms with E-state index in [4.69, 9.17) is 16.3 Å². The Morgan fingerprint density at radius 3 is 2.53 bits per heavy atom. The van der Waals surface area contributed by atoms with E-state index in [9.17, 15) is 0 Å². The number of benzene rings is 2. The zero-order valence-electron chi connectivity index (χ0n) is 10.8. The van der Waals surface area contributed by atoms with Crippen LogP contribution in [0.15, 0.2) is 42.5 Å². The zero-order valence-corrected chi connectivity index (χ0v) is 14.6. The van der Waals surface area contributed by atoms with Gasteiger partial charge in [0.15, 0.2) is 0 Å². The van der Waals surface area contributed by atoms with Crippen LogP contribution in [0.3, 0.4) is 0 Å². The Labute approximate surface area is 134 Å². The maximum Gasteiger partial charge on any atom is 0.506 e. The molecular weight excluding hydrogens is 336 g/mol. The summed E-state index contributed by atoms with van der Waals surface area (Å²) in [7, 11) is 0. The molecule has 0 heterocycles. The average molecular weight is 350 g/mol. The van der Waals surface area contributed by atoms with Gasteiger partial charge in [-0.3, -0.25) is 12.9 Å². The molecule has 0 aliphatic rings. The Balaban J connectivity index is 2.16. The monoisotopic (exact) mass is 348 g/mol. The summed E-state index contributed by atoms with van der Waals surface area (Å²) in [6.07, 6.45) is 0.862. The van der Waals surface area contributed by atoms with E-state index in [0.717, 1.165) is 17.2 Å². The molecule has 0 fully saturated rings. The van der Waals surface area contributed by atoms with Crippen molar-refractivity contribution in [1.29, 1.82) is 0 Å². The van der Waals surface area contributed by atoms with Crippen LogP contribution < -0.4 is 8.43 Å². The van der Waals surface area contributed by atoms with Crippen LogP contribution in [-0.2, 0) is 6.42 Å². The van der Waals surface area contributed by atoms with Gasteiger partial charge in [-0.1, -0.05) is 35.9 Å². The summed E-state index contributed by atoms with van der Waals surface area (Å²) >= 11 is 9.55. The lowest BCUT2D eigenvalue weighted by molar-refractivity contribution is 0.340. The molecule has 2 aromatic carbocycles. The molecule has 0 N–H and O–H groups in total. The molecule has 4 heteroatoms. The van der Waals surface area contributed by atoms with E-state index in [2.05, 4.69) is 37.1 Å². The summed E-state index contributed by atoms with van der Waals surface area (Å²) in [5, 5.41) is 0.840. The first kappa shape index (κ1) is 15.2. The normalized spacial score (nSPS) is 10.1. The maximum atomic E-state index is 6.26. The van der Waals surface area contributed by atoms with E-state index in [1.807, 2.05) is 25.1 Å². The highest BCUT2D eigenvalue weighted by Gasteiger charge is 2.04. The maximum absolute atomic E-state index is 6.26. The van der Waals surface area contributed by atoms with Crippen molar-refractivity contribution in [2.75, 3.05) is 6.61 Å². The quantitative estimate of drug-likeness (QED) is 0.742. The minimum atomic E-state index is -0.315. The summed E-state index contributed by atoms with van der Waals surface area (Å²) in [5.74, 6) is 0.916. The van der Waals surface area contributed by atoms with E-state index in [-0.39, 0.29) is 18.2 Å². The SMILES string of the molecule is CCOc1ccc(Cc2c[c]([Mg][Br])ccc2Cl)cc1. The van der Waals surface area contributed by atoms with Gasteiger partial charge in [0.2, 0.25) is 0 Å². The second kappa shape index (κ2) is 7.53. The molecule has 0 bridgehead atoms. The topological polar surface area (TPSA) is 9.23 Å². The summed E-state index contributed by atoms with van der Waals surface area (Å²) in [6.45, 7) is 2.69. The van der Waals surface area contributed by atoms with Crippen molar-refractivity contribution in [3.63, 3.8) is 0 Å². The second-order valence-electron chi connectivity index (χ2n) is 4.31. The molecule has 2 aromatic rings. The first-order valence-electron chi connectivity index (χ1n) is 6.28. The van der Waals surface area contributed by atoms with E-state index >= 15 is 0 Å². The van der Waals surface area contributed by atoms with Crippen molar-refractivity contribution in [2.24, 2.45) is 0 Å². The Hall–Kier alpha value is -0.224. The number of hydrogen-bond acceptors (Lipinski definition) is 1. The Bertz CT molecular complexity index is 542. The van der Waals surface area contributed by atoms with Crippen molar-refractivity contribution in [1.82, 2.24) is 0 Å². The van der Waals surface area contributed by atoms with Crippen molar-refractivity contribution in [2.45, 2.75) is 13.3 Å². The van der Waals surface area contributed by atoms with E-state index in [1.54, 1.807) is 0 Å². The lowest BCUT2D eigenvalue weighted by atomic mass is 10.0. The smallest absolute Gasteiger partial charge is 0.494 e. The predicted octanol–water partition coefficient (Wildman–Crippen LogP) is 3.97. The van der Waals surface area contributed by atoms with Gasteiger partial charge in [0, 0.05) is 5.02 Å². The lowest BCUT2D eigenvalue weighted by Gasteiger charge is -2.08. The van der Waals surface area contributed by atoms with Gasteiger partial charge in [-0.05, 0) is 42.7 Å². The molecule has 0 saturated heterocycles. The Kier molecular flexibility index (Phi) is 6.01. The van der Waals surface area contributed by atoms with Crippen LogP contribution in [0.4, 0.5) is 0 Å². The number of rotatable bonds is 5. The summed E-state index contributed by atoms with van der Waals surface area (Å²) in [6, 6.07) is 14.5. The van der Waals surface area contributed by atoms with Crippen LogP contribution in [-0.4, -0.2) is 24.8 Å². The fourth-order valence-electron chi connectivity index (χ4n) is 1.94. The Morgan fingerprint density at radius 1 is 1.16 bits per heavy atom. The Morgan fingerprint density at radius 2 is 1.89 bits per heavy atom. The molecule has 2 rings (SSSR count).